The maximum Gasteiger partial charge on any atom is 0.346 e. The molecule has 0 bridgehead atoms. The quantitative estimate of drug-likeness (QED) is 0.429. The monoisotopic (exact) mass is 428 g/mol. The van der Waals surface area contributed by atoms with E-state index in [-0.39, 0.29) is 27.1 Å². The Morgan fingerprint density at radius 3 is 1.23 bits per heavy atom. The van der Waals surface area contributed by atoms with Crippen LogP contribution >= 0.6 is 14.2 Å². The number of rotatable bonds is 8. The van der Waals surface area contributed by atoms with Gasteiger partial charge >= 0.3 is 7.67 Å². The number of nitrogens with zero attached hydrogens (tertiary/aromatic N) is 4. The molecule has 4 aliphatic rings. The summed E-state index contributed by atoms with van der Waals surface area (Å²) in [5.74, 6) is 0. The van der Waals surface area contributed by atoms with Crippen LogP contribution in [0.25, 0.3) is 0 Å². The maximum atomic E-state index is 12.2. The Morgan fingerprint density at radius 1 is 0.692 bits per heavy atom. The van der Waals surface area contributed by atoms with Gasteiger partial charge < -0.3 is 9.05 Å². The van der Waals surface area contributed by atoms with Crippen LogP contribution in [-0.4, -0.2) is 83.2 Å². The Morgan fingerprint density at radius 2 is 1.00 bits per heavy atom. The Hall–Kier alpha value is 0.640. The summed E-state index contributed by atoms with van der Waals surface area (Å²) >= 11 is 5.59. The molecule has 0 spiro atoms. The smallest absolute Gasteiger partial charge is 0.324 e. The van der Waals surface area contributed by atoms with Crippen LogP contribution in [0.1, 0.15) is 42.5 Å². The fourth-order valence-electron chi connectivity index (χ4n) is 2.36. The zero-order chi connectivity index (χ0) is 17.5. The molecule has 7 nitrogen and oxygen atoms in total. The van der Waals surface area contributed by atoms with Gasteiger partial charge in [0.25, 0.3) is 0 Å². The van der Waals surface area contributed by atoms with Gasteiger partial charge in [0.05, 0.1) is 12.2 Å². The second-order valence-electron chi connectivity index (χ2n) is 7.10. The molecule has 0 atom stereocenters. The van der Waals surface area contributed by atoms with Crippen LogP contribution in [0.2, 0.25) is 0 Å². The highest BCUT2D eigenvalue weighted by atomic mass is 32.5. The van der Waals surface area contributed by atoms with Gasteiger partial charge in [0.1, 0.15) is 0 Å². The van der Waals surface area contributed by atoms with E-state index in [0.29, 0.717) is 0 Å². The van der Waals surface area contributed by atoms with Gasteiger partial charge in [0, 0.05) is 52.4 Å². The van der Waals surface area contributed by atoms with E-state index in [1.165, 1.54) is 0 Å². The Bertz CT molecular complexity index is 468. The molecule has 0 saturated carbocycles. The number of hydrogen-bond donors (Lipinski definition) is 0. The Kier molecular flexibility index (Phi) is 8.95. The van der Waals surface area contributed by atoms with E-state index in [2.05, 4.69) is 23.2 Å². The second kappa shape index (κ2) is 9.43. The molecule has 0 aromatic heterocycles. The van der Waals surface area contributed by atoms with E-state index in [9.17, 15) is 4.57 Å². The molecule has 0 aliphatic carbocycles. The average molecular weight is 429 g/mol. The molecule has 4 heterocycles. The van der Waals surface area contributed by atoms with Gasteiger partial charge in [-0.15, -0.1) is 0 Å². The van der Waals surface area contributed by atoms with Crippen molar-refractivity contribution >= 4 is 26.0 Å². The van der Waals surface area contributed by atoms with Gasteiger partial charge in [-0.3, -0.25) is 4.57 Å². The van der Waals surface area contributed by atoms with Crippen molar-refractivity contribution in [2.24, 2.45) is 0 Å². The van der Waals surface area contributed by atoms with Gasteiger partial charge in [0.2, 0.25) is 6.57 Å². The summed E-state index contributed by atoms with van der Waals surface area (Å²) in [7, 11) is -2.53. The SMILES string of the molecule is C.C.CC(C)OP(=O)(N1CC1)N1CC1.CC(C)OP(=S)(N1CC1)N1CC1. The maximum absolute atomic E-state index is 12.2. The minimum absolute atomic E-state index is 0. The van der Waals surface area contributed by atoms with Gasteiger partial charge in [-0.25, -0.2) is 18.7 Å². The molecule has 4 saturated heterocycles. The lowest BCUT2D eigenvalue weighted by atomic mass is 10.5. The zero-order valence-electron chi connectivity index (χ0n) is 15.1. The molecule has 4 rings (SSSR count). The van der Waals surface area contributed by atoms with Crippen LogP contribution in [0, 0.1) is 0 Å². The van der Waals surface area contributed by atoms with Crippen molar-refractivity contribution in [1.29, 1.82) is 0 Å². The van der Waals surface area contributed by atoms with Crippen LogP contribution < -0.4 is 0 Å². The summed E-state index contributed by atoms with van der Waals surface area (Å²) in [5.41, 5.74) is 0. The molecule has 26 heavy (non-hydrogen) atoms. The fraction of sp³-hybridized carbons (Fsp3) is 1.00. The molecule has 0 N–H and O–H groups in total. The first-order valence-electron chi connectivity index (χ1n) is 8.84. The lowest BCUT2D eigenvalue weighted by Gasteiger charge is -2.26. The first-order valence-corrected chi connectivity index (χ1v) is 13.0. The molecule has 0 unspecified atom stereocenters. The molecule has 0 radical (unpaired) electrons. The highest BCUT2D eigenvalue weighted by molar-refractivity contribution is 8.10. The van der Waals surface area contributed by atoms with Crippen molar-refractivity contribution in [3.05, 3.63) is 0 Å². The average Bonchev–Trinajstić information content (AvgIpc) is 3.39. The van der Waals surface area contributed by atoms with E-state index in [4.69, 9.17) is 20.9 Å². The van der Waals surface area contributed by atoms with Crippen molar-refractivity contribution in [3.63, 3.8) is 0 Å². The van der Waals surface area contributed by atoms with Gasteiger partial charge in [-0.1, -0.05) is 14.9 Å². The third-order valence-corrected chi connectivity index (χ3v) is 11.3. The fourth-order valence-corrected chi connectivity index (χ4v) is 8.59. The first-order chi connectivity index (χ1) is 11.3. The van der Waals surface area contributed by atoms with Crippen molar-refractivity contribution < 1.29 is 13.6 Å². The van der Waals surface area contributed by atoms with Crippen molar-refractivity contribution in [2.45, 2.75) is 54.8 Å². The van der Waals surface area contributed by atoms with Crippen molar-refractivity contribution in [2.75, 3.05) is 52.4 Å². The van der Waals surface area contributed by atoms with Crippen LogP contribution in [0.5, 0.6) is 0 Å². The lowest BCUT2D eigenvalue weighted by molar-refractivity contribution is 0.214. The number of hydrogen-bond acceptors (Lipinski definition) is 4. The largest absolute Gasteiger partial charge is 0.346 e. The molecule has 0 amide bonds. The Balaban J connectivity index is 0.000000241. The summed E-state index contributed by atoms with van der Waals surface area (Å²) in [6.07, 6.45) is 0.314. The van der Waals surface area contributed by atoms with Crippen molar-refractivity contribution in [3.8, 4) is 0 Å². The van der Waals surface area contributed by atoms with Gasteiger partial charge in [-0.05, 0) is 39.5 Å². The molecule has 4 fully saturated rings. The molecule has 10 heteroatoms. The summed E-state index contributed by atoms with van der Waals surface area (Å²) in [5, 5.41) is 0. The van der Waals surface area contributed by atoms with E-state index in [0.717, 1.165) is 52.4 Å². The molecule has 0 aromatic carbocycles. The Labute approximate surface area is 165 Å². The predicted molar refractivity (Wildman–Crippen MR) is 114 cm³/mol. The van der Waals surface area contributed by atoms with Crippen molar-refractivity contribution in [1.82, 2.24) is 18.7 Å². The van der Waals surface area contributed by atoms with E-state index in [1.807, 2.05) is 23.2 Å². The lowest BCUT2D eigenvalue weighted by Crippen LogP contribution is -2.12. The molecular weight excluding hydrogens is 390 g/mol. The third kappa shape index (κ3) is 6.33. The highest BCUT2D eigenvalue weighted by Gasteiger charge is 2.49. The van der Waals surface area contributed by atoms with Gasteiger partial charge in [-0.2, -0.15) is 0 Å². The molecule has 156 valence electrons. The predicted octanol–water partition coefficient (Wildman–Crippen LogP) is 3.69. The summed E-state index contributed by atoms with van der Waals surface area (Å²) in [6, 6.07) is 0. The van der Waals surface area contributed by atoms with Gasteiger partial charge in [0.15, 0.2) is 0 Å². The van der Waals surface area contributed by atoms with Crippen LogP contribution in [-0.2, 0) is 25.4 Å². The van der Waals surface area contributed by atoms with E-state index in [1.54, 1.807) is 0 Å². The standard InChI is InChI=1S/C7H15N2O2P.C7H15N2OPS.2CH4/c1-7(2)11-12(10,8-3-4-8)9-5-6-9;1-7(2)10-11(12,8-3-4-8)9-5-6-9;;/h2*7H,3-6H2,1-2H3;2*1H4. The summed E-state index contributed by atoms with van der Waals surface area (Å²) in [4.78, 5) is 0. The highest BCUT2D eigenvalue weighted by Crippen LogP contribution is 2.62. The second-order valence-corrected chi connectivity index (χ2v) is 13.2. The van der Waals surface area contributed by atoms with Crippen LogP contribution in [0.3, 0.4) is 0 Å². The zero-order valence-corrected chi connectivity index (χ0v) is 17.7. The molecule has 0 aromatic rings. The topological polar surface area (TPSA) is 47.6 Å². The minimum atomic E-state index is -2.53. The normalized spacial score (nSPS) is 23.0. The molecule has 4 aliphatic heterocycles. The minimum Gasteiger partial charge on any atom is -0.324 e. The third-order valence-electron chi connectivity index (χ3n) is 3.82. The summed E-state index contributed by atoms with van der Waals surface area (Å²) < 4.78 is 32.0. The molecular formula is C16H38N4O3P2S. The first kappa shape index (κ1) is 24.7. The van der Waals surface area contributed by atoms with E-state index < -0.39 is 14.2 Å². The summed E-state index contributed by atoms with van der Waals surface area (Å²) in [6.45, 7) is 14.6. The van der Waals surface area contributed by atoms with Crippen LogP contribution in [0.15, 0.2) is 0 Å². The van der Waals surface area contributed by atoms with Crippen LogP contribution in [0.4, 0.5) is 0 Å². The van der Waals surface area contributed by atoms with E-state index >= 15 is 0 Å².